The van der Waals surface area contributed by atoms with Crippen molar-refractivity contribution in [2.45, 2.75) is 82.8 Å². The van der Waals surface area contributed by atoms with Crippen LogP contribution in [0.3, 0.4) is 0 Å². The first-order valence-electron chi connectivity index (χ1n) is 10.3. The molecule has 25 heavy (non-hydrogen) atoms. The number of hydrogen-bond acceptors (Lipinski definition) is 3. The number of nitrogens with zero attached hydrogens (tertiary/aromatic N) is 4. The van der Waals surface area contributed by atoms with E-state index in [0.29, 0.717) is 6.04 Å². The summed E-state index contributed by atoms with van der Waals surface area (Å²) in [5, 5.41) is 12.4. The van der Waals surface area contributed by atoms with Crippen LogP contribution in [0.1, 0.15) is 75.5 Å². The molecule has 2 aliphatic heterocycles. The monoisotopic (exact) mass is 343 g/mol. The Morgan fingerprint density at radius 3 is 2.52 bits per heavy atom. The van der Waals surface area contributed by atoms with Crippen LogP contribution in [0.4, 0.5) is 4.79 Å². The Kier molecular flexibility index (Phi) is 3.94. The topological polar surface area (TPSA) is 63.1 Å². The summed E-state index contributed by atoms with van der Waals surface area (Å²) in [6, 6.07) is 0.667. The van der Waals surface area contributed by atoms with Crippen LogP contribution in [0.2, 0.25) is 0 Å². The molecule has 2 aliphatic carbocycles. The van der Waals surface area contributed by atoms with Crippen molar-refractivity contribution in [2.75, 3.05) is 6.54 Å². The van der Waals surface area contributed by atoms with Crippen LogP contribution in [0, 0.1) is 11.8 Å². The second-order valence-electron chi connectivity index (χ2n) is 8.44. The molecule has 1 atom stereocenters. The third-order valence-corrected chi connectivity index (χ3v) is 6.50. The molecule has 2 saturated carbocycles. The molecule has 0 aromatic carbocycles. The number of carbonyl (C=O) groups excluding carboxylic acids is 1. The van der Waals surface area contributed by atoms with Crippen LogP contribution in [0.15, 0.2) is 0 Å². The minimum Gasteiger partial charge on any atom is -0.335 e. The second-order valence-corrected chi connectivity index (χ2v) is 8.44. The molecule has 1 saturated heterocycles. The SMILES string of the molecule is O=C(NC(C1CC1)C1CC1)N1CCC[C@H]1c1nnc2n1CCCCC2. The number of fused-ring (bicyclic) bond motifs is 1. The number of carbonyl (C=O) groups is 1. The highest BCUT2D eigenvalue weighted by atomic mass is 16.2. The third-order valence-electron chi connectivity index (χ3n) is 6.50. The molecule has 5 rings (SSSR count). The van der Waals surface area contributed by atoms with E-state index in [0.717, 1.165) is 55.8 Å². The zero-order valence-electron chi connectivity index (χ0n) is 15.0. The number of nitrogens with one attached hydrogen (secondary N) is 1. The van der Waals surface area contributed by atoms with Gasteiger partial charge in [0.25, 0.3) is 0 Å². The van der Waals surface area contributed by atoms with Gasteiger partial charge in [-0.2, -0.15) is 0 Å². The number of aryl methyl sites for hydroxylation is 1. The Morgan fingerprint density at radius 1 is 0.960 bits per heavy atom. The molecule has 3 heterocycles. The lowest BCUT2D eigenvalue weighted by Crippen LogP contribution is -2.46. The zero-order valence-corrected chi connectivity index (χ0v) is 15.0. The molecule has 2 amide bonds. The molecule has 1 N–H and O–H groups in total. The van der Waals surface area contributed by atoms with Gasteiger partial charge in [-0.15, -0.1) is 10.2 Å². The fraction of sp³-hybridized carbons (Fsp3) is 0.842. The van der Waals surface area contributed by atoms with Gasteiger partial charge in [-0.3, -0.25) is 0 Å². The molecule has 6 nitrogen and oxygen atoms in total. The van der Waals surface area contributed by atoms with Gasteiger partial charge in [0.2, 0.25) is 0 Å². The quantitative estimate of drug-likeness (QED) is 0.914. The van der Waals surface area contributed by atoms with Crippen LogP contribution in [0.25, 0.3) is 0 Å². The highest BCUT2D eigenvalue weighted by Crippen LogP contribution is 2.45. The minimum absolute atomic E-state index is 0.110. The number of urea groups is 1. The van der Waals surface area contributed by atoms with Crippen LogP contribution in [-0.2, 0) is 13.0 Å². The summed E-state index contributed by atoms with van der Waals surface area (Å²) in [4.78, 5) is 15.1. The first kappa shape index (κ1) is 15.6. The van der Waals surface area contributed by atoms with Crippen LogP contribution in [-0.4, -0.2) is 38.3 Å². The van der Waals surface area contributed by atoms with Crippen molar-refractivity contribution in [2.24, 2.45) is 11.8 Å². The Hall–Kier alpha value is -1.59. The van der Waals surface area contributed by atoms with Gasteiger partial charge in [0.1, 0.15) is 5.82 Å². The van der Waals surface area contributed by atoms with Gasteiger partial charge in [-0.1, -0.05) is 6.42 Å². The minimum atomic E-state index is 0.110. The average molecular weight is 343 g/mol. The second kappa shape index (κ2) is 6.29. The Labute approximate surface area is 149 Å². The summed E-state index contributed by atoms with van der Waals surface area (Å²) < 4.78 is 2.31. The normalized spacial score (nSPS) is 26.6. The molecule has 0 spiro atoms. The highest BCUT2D eigenvalue weighted by Gasteiger charge is 2.44. The molecule has 136 valence electrons. The van der Waals surface area contributed by atoms with Gasteiger partial charge in [-0.05, 0) is 63.2 Å². The van der Waals surface area contributed by atoms with Crippen molar-refractivity contribution in [1.82, 2.24) is 25.0 Å². The van der Waals surface area contributed by atoms with Crippen LogP contribution >= 0.6 is 0 Å². The summed E-state index contributed by atoms with van der Waals surface area (Å²) in [6.07, 6.45) is 12.0. The van der Waals surface area contributed by atoms with Crippen molar-refractivity contribution in [3.8, 4) is 0 Å². The first-order chi connectivity index (χ1) is 12.3. The lowest BCUT2D eigenvalue weighted by Gasteiger charge is -2.28. The molecule has 0 bridgehead atoms. The molecule has 6 heteroatoms. The molecular formula is C19H29N5O. The van der Waals surface area contributed by atoms with Gasteiger partial charge in [-0.25, -0.2) is 4.79 Å². The van der Waals surface area contributed by atoms with Gasteiger partial charge in [0.05, 0.1) is 6.04 Å². The number of hydrogen-bond donors (Lipinski definition) is 1. The van der Waals surface area contributed by atoms with Crippen molar-refractivity contribution < 1.29 is 4.79 Å². The summed E-state index contributed by atoms with van der Waals surface area (Å²) in [5.41, 5.74) is 0. The molecule has 3 fully saturated rings. The molecule has 0 radical (unpaired) electrons. The summed E-state index contributed by atoms with van der Waals surface area (Å²) >= 11 is 0. The Balaban J connectivity index is 1.33. The smallest absolute Gasteiger partial charge is 0.318 e. The van der Waals surface area contributed by atoms with E-state index in [2.05, 4.69) is 20.1 Å². The van der Waals surface area contributed by atoms with Crippen molar-refractivity contribution in [3.63, 3.8) is 0 Å². The Bertz CT molecular complexity index is 636. The largest absolute Gasteiger partial charge is 0.335 e. The number of likely N-dealkylation sites (tertiary alicyclic amines) is 1. The molecule has 1 aromatic rings. The Morgan fingerprint density at radius 2 is 1.76 bits per heavy atom. The van der Waals surface area contributed by atoms with E-state index < -0.39 is 0 Å². The van der Waals surface area contributed by atoms with E-state index in [1.165, 1.54) is 44.9 Å². The zero-order chi connectivity index (χ0) is 16.8. The lowest BCUT2D eigenvalue weighted by molar-refractivity contribution is 0.182. The third kappa shape index (κ3) is 3.04. The summed E-state index contributed by atoms with van der Waals surface area (Å²) in [6.45, 7) is 1.86. The fourth-order valence-corrected chi connectivity index (χ4v) is 4.79. The van der Waals surface area contributed by atoms with E-state index in [4.69, 9.17) is 0 Å². The van der Waals surface area contributed by atoms with Gasteiger partial charge >= 0.3 is 6.03 Å². The number of aromatic nitrogens is 3. The van der Waals surface area contributed by atoms with Crippen LogP contribution in [0.5, 0.6) is 0 Å². The lowest BCUT2D eigenvalue weighted by atomic mass is 10.1. The maximum absolute atomic E-state index is 13.0. The summed E-state index contributed by atoms with van der Waals surface area (Å²) in [5.74, 6) is 3.62. The van der Waals surface area contributed by atoms with E-state index in [-0.39, 0.29) is 12.1 Å². The van der Waals surface area contributed by atoms with Crippen molar-refractivity contribution in [1.29, 1.82) is 0 Å². The fourth-order valence-electron chi connectivity index (χ4n) is 4.79. The van der Waals surface area contributed by atoms with E-state index in [9.17, 15) is 4.79 Å². The maximum Gasteiger partial charge on any atom is 0.318 e. The van der Waals surface area contributed by atoms with E-state index in [1.54, 1.807) is 0 Å². The molecule has 1 aromatic heterocycles. The predicted octanol–water partition coefficient (Wildman–Crippen LogP) is 3.04. The van der Waals surface area contributed by atoms with Crippen molar-refractivity contribution >= 4 is 6.03 Å². The highest BCUT2D eigenvalue weighted by molar-refractivity contribution is 5.75. The molecule has 4 aliphatic rings. The van der Waals surface area contributed by atoms with Crippen molar-refractivity contribution in [3.05, 3.63) is 11.6 Å². The maximum atomic E-state index is 13.0. The molecular weight excluding hydrogens is 314 g/mol. The standard InChI is InChI=1S/C19H29N5O/c25-19(20-17(13-7-8-13)14-9-10-14)23-12-4-5-15(23)18-22-21-16-6-2-1-3-11-24(16)18/h13-15,17H,1-12H2,(H,20,25)/t15-/m0/s1. The first-order valence-corrected chi connectivity index (χ1v) is 10.3. The molecule has 0 unspecified atom stereocenters. The predicted molar refractivity (Wildman–Crippen MR) is 94.0 cm³/mol. The van der Waals surface area contributed by atoms with Gasteiger partial charge in [0, 0.05) is 25.6 Å². The average Bonchev–Trinajstić information content (AvgIpc) is 3.53. The summed E-state index contributed by atoms with van der Waals surface area (Å²) in [7, 11) is 0. The van der Waals surface area contributed by atoms with E-state index >= 15 is 0 Å². The van der Waals surface area contributed by atoms with Gasteiger partial charge in [0.15, 0.2) is 5.82 Å². The number of rotatable bonds is 4. The number of amides is 2. The van der Waals surface area contributed by atoms with Crippen LogP contribution < -0.4 is 5.32 Å². The van der Waals surface area contributed by atoms with Gasteiger partial charge < -0.3 is 14.8 Å². The van der Waals surface area contributed by atoms with E-state index in [1.807, 2.05) is 4.90 Å².